The van der Waals surface area contributed by atoms with E-state index in [0.717, 1.165) is 25.2 Å². The topological polar surface area (TPSA) is 32.3 Å². The van der Waals surface area contributed by atoms with E-state index in [-0.39, 0.29) is 11.7 Å². The average Bonchev–Trinajstić information content (AvgIpc) is 2.84. The SMILES string of the molecule is Cc1ccc(F)cc1C(=O)N1C[C@@H]2CCCN[C@@H]2C1. The molecule has 4 heteroatoms. The molecule has 2 fully saturated rings. The Balaban J connectivity index is 1.79. The normalized spacial score (nSPS) is 26.3. The predicted octanol–water partition coefficient (Wildman–Crippen LogP) is 1.96. The highest BCUT2D eigenvalue weighted by Crippen LogP contribution is 2.26. The first-order valence-electron chi connectivity index (χ1n) is 6.94. The molecular formula is C15H19FN2O. The van der Waals surface area contributed by atoms with E-state index in [1.165, 1.54) is 25.0 Å². The Morgan fingerprint density at radius 3 is 3.05 bits per heavy atom. The molecule has 0 aromatic heterocycles. The molecule has 2 atom stereocenters. The Bertz CT molecular complexity index is 489. The minimum absolute atomic E-state index is 0.0341. The molecule has 1 N–H and O–H groups in total. The monoisotopic (exact) mass is 262 g/mol. The van der Waals surface area contributed by atoms with Gasteiger partial charge in [0.1, 0.15) is 5.82 Å². The molecule has 0 bridgehead atoms. The number of hydrogen-bond donors (Lipinski definition) is 1. The molecule has 1 amide bonds. The molecule has 1 aromatic carbocycles. The third kappa shape index (κ3) is 2.37. The van der Waals surface area contributed by atoms with Gasteiger partial charge in [-0.1, -0.05) is 6.07 Å². The van der Waals surface area contributed by atoms with Crippen LogP contribution in [0.3, 0.4) is 0 Å². The largest absolute Gasteiger partial charge is 0.337 e. The number of aryl methyl sites for hydroxylation is 1. The number of hydrogen-bond acceptors (Lipinski definition) is 2. The lowest BCUT2D eigenvalue weighted by molar-refractivity contribution is 0.0784. The molecule has 0 aliphatic carbocycles. The van der Waals surface area contributed by atoms with E-state index >= 15 is 0 Å². The Kier molecular flexibility index (Phi) is 3.27. The molecule has 3 nitrogen and oxygen atoms in total. The van der Waals surface area contributed by atoms with Gasteiger partial charge in [0, 0.05) is 24.7 Å². The summed E-state index contributed by atoms with van der Waals surface area (Å²) in [6.45, 7) is 4.45. The van der Waals surface area contributed by atoms with Crippen molar-refractivity contribution in [1.29, 1.82) is 0 Å². The fourth-order valence-electron chi connectivity index (χ4n) is 3.21. The number of fused-ring (bicyclic) bond motifs is 1. The number of rotatable bonds is 1. The second kappa shape index (κ2) is 4.93. The fraction of sp³-hybridized carbons (Fsp3) is 0.533. The molecule has 2 saturated heterocycles. The van der Waals surface area contributed by atoms with Crippen LogP contribution in [-0.2, 0) is 0 Å². The van der Waals surface area contributed by atoms with Crippen LogP contribution >= 0.6 is 0 Å². The van der Waals surface area contributed by atoms with Crippen LogP contribution in [0.4, 0.5) is 4.39 Å². The van der Waals surface area contributed by atoms with E-state index in [1.54, 1.807) is 6.07 Å². The van der Waals surface area contributed by atoms with Crippen LogP contribution < -0.4 is 5.32 Å². The number of amides is 1. The number of carbonyl (C=O) groups excluding carboxylic acids is 1. The number of piperidine rings is 1. The Morgan fingerprint density at radius 2 is 2.26 bits per heavy atom. The highest BCUT2D eigenvalue weighted by molar-refractivity contribution is 5.95. The molecule has 2 heterocycles. The summed E-state index contributed by atoms with van der Waals surface area (Å²) in [5, 5.41) is 3.48. The molecule has 102 valence electrons. The lowest BCUT2D eigenvalue weighted by Crippen LogP contribution is -2.41. The summed E-state index contributed by atoms with van der Waals surface area (Å²) in [4.78, 5) is 14.4. The van der Waals surface area contributed by atoms with Crippen LogP contribution in [0.2, 0.25) is 0 Å². The number of likely N-dealkylation sites (tertiary alicyclic amines) is 1. The second-order valence-electron chi connectivity index (χ2n) is 5.63. The zero-order valence-electron chi connectivity index (χ0n) is 11.2. The van der Waals surface area contributed by atoms with E-state index in [4.69, 9.17) is 0 Å². The lowest BCUT2D eigenvalue weighted by atomic mass is 9.94. The van der Waals surface area contributed by atoms with Crippen molar-refractivity contribution in [2.45, 2.75) is 25.8 Å². The minimum atomic E-state index is -0.344. The van der Waals surface area contributed by atoms with Crippen molar-refractivity contribution in [3.8, 4) is 0 Å². The summed E-state index contributed by atoms with van der Waals surface area (Å²) in [7, 11) is 0. The van der Waals surface area contributed by atoms with Gasteiger partial charge in [-0.2, -0.15) is 0 Å². The molecular weight excluding hydrogens is 243 g/mol. The van der Waals surface area contributed by atoms with Crippen LogP contribution in [0.25, 0.3) is 0 Å². The van der Waals surface area contributed by atoms with Crippen LogP contribution in [0.15, 0.2) is 18.2 Å². The van der Waals surface area contributed by atoms with Crippen LogP contribution in [0, 0.1) is 18.7 Å². The van der Waals surface area contributed by atoms with Crippen molar-refractivity contribution in [1.82, 2.24) is 10.2 Å². The molecule has 19 heavy (non-hydrogen) atoms. The Hall–Kier alpha value is -1.42. The van der Waals surface area contributed by atoms with Gasteiger partial charge in [0.2, 0.25) is 0 Å². The highest BCUT2D eigenvalue weighted by Gasteiger charge is 2.36. The fourth-order valence-corrected chi connectivity index (χ4v) is 3.21. The van der Waals surface area contributed by atoms with Crippen LogP contribution in [0.1, 0.15) is 28.8 Å². The van der Waals surface area contributed by atoms with Crippen molar-refractivity contribution >= 4 is 5.91 Å². The number of carbonyl (C=O) groups is 1. The second-order valence-corrected chi connectivity index (χ2v) is 5.63. The summed E-state index contributed by atoms with van der Waals surface area (Å²) >= 11 is 0. The first kappa shape index (κ1) is 12.6. The van der Waals surface area contributed by atoms with E-state index in [9.17, 15) is 9.18 Å². The smallest absolute Gasteiger partial charge is 0.254 e. The quantitative estimate of drug-likeness (QED) is 0.839. The van der Waals surface area contributed by atoms with E-state index in [2.05, 4.69) is 5.32 Å². The maximum absolute atomic E-state index is 13.3. The van der Waals surface area contributed by atoms with Crippen LogP contribution in [-0.4, -0.2) is 36.5 Å². The van der Waals surface area contributed by atoms with E-state index < -0.39 is 0 Å². The summed E-state index contributed by atoms with van der Waals surface area (Å²) in [6, 6.07) is 4.85. The van der Waals surface area contributed by atoms with Gasteiger partial charge >= 0.3 is 0 Å². The summed E-state index contributed by atoms with van der Waals surface area (Å²) in [6.07, 6.45) is 2.37. The van der Waals surface area contributed by atoms with Gasteiger partial charge in [0.15, 0.2) is 0 Å². The highest BCUT2D eigenvalue weighted by atomic mass is 19.1. The third-order valence-electron chi connectivity index (χ3n) is 4.32. The first-order chi connectivity index (χ1) is 9.15. The molecule has 0 unspecified atom stereocenters. The molecule has 0 saturated carbocycles. The van der Waals surface area contributed by atoms with Crippen molar-refractivity contribution < 1.29 is 9.18 Å². The maximum atomic E-state index is 13.3. The van der Waals surface area contributed by atoms with Gasteiger partial charge in [0.25, 0.3) is 5.91 Å². The van der Waals surface area contributed by atoms with Gasteiger partial charge in [-0.25, -0.2) is 4.39 Å². The molecule has 0 spiro atoms. The molecule has 2 aliphatic heterocycles. The molecule has 0 radical (unpaired) electrons. The predicted molar refractivity (Wildman–Crippen MR) is 71.6 cm³/mol. The van der Waals surface area contributed by atoms with Gasteiger partial charge < -0.3 is 10.2 Å². The van der Waals surface area contributed by atoms with Crippen molar-refractivity contribution in [2.24, 2.45) is 5.92 Å². The van der Waals surface area contributed by atoms with E-state index in [0.29, 0.717) is 17.5 Å². The molecule has 2 aliphatic rings. The molecule has 1 aromatic rings. The minimum Gasteiger partial charge on any atom is -0.337 e. The summed E-state index contributed by atoms with van der Waals surface area (Å²) in [5.74, 6) is 0.184. The van der Waals surface area contributed by atoms with Gasteiger partial charge in [0.05, 0.1) is 0 Å². The van der Waals surface area contributed by atoms with Crippen molar-refractivity contribution in [3.63, 3.8) is 0 Å². The zero-order chi connectivity index (χ0) is 13.4. The average molecular weight is 262 g/mol. The van der Waals surface area contributed by atoms with Gasteiger partial charge in [-0.3, -0.25) is 4.79 Å². The van der Waals surface area contributed by atoms with Crippen molar-refractivity contribution in [3.05, 3.63) is 35.1 Å². The van der Waals surface area contributed by atoms with Gasteiger partial charge in [-0.05, 0) is 49.9 Å². The molecule has 3 rings (SSSR count). The first-order valence-corrected chi connectivity index (χ1v) is 6.94. The van der Waals surface area contributed by atoms with Gasteiger partial charge in [-0.15, -0.1) is 0 Å². The summed E-state index contributed by atoms with van der Waals surface area (Å²) < 4.78 is 13.3. The number of benzene rings is 1. The number of halogens is 1. The number of nitrogens with zero attached hydrogens (tertiary/aromatic N) is 1. The zero-order valence-corrected chi connectivity index (χ0v) is 11.2. The van der Waals surface area contributed by atoms with E-state index in [1.807, 2.05) is 11.8 Å². The Labute approximate surface area is 112 Å². The third-order valence-corrected chi connectivity index (χ3v) is 4.32. The number of nitrogens with one attached hydrogen (secondary N) is 1. The van der Waals surface area contributed by atoms with Crippen molar-refractivity contribution in [2.75, 3.05) is 19.6 Å². The maximum Gasteiger partial charge on any atom is 0.254 e. The lowest BCUT2D eigenvalue weighted by Gasteiger charge is -2.24. The Morgan fingerprint density at radius 1 is 1.42 bits per heavy atom. The summed E-state index contributed by atoms with van der Waals surface area (Å²) in [5.41, 5.74) is 1.34. The van der Waals surface area contributed by atoms with Crippen LogP contribution in [0.5, 0.6) is 0 Å². The standard InChI is InChI=1S/C15H19FN2O/c1-10-4-5-12(16)7-13(10)15(19)18-8-11-3-2-6-17-14(11)9-18/h4-5,7,11,14,17H,2-3,6,8-9H2,1H3/t11-,14+/m0/s1.